The number of benzene rings is 3. The number of methoxy groups -OCH3 is 1. The van der Waals surface area contributed by atoms with Crippen molar-refractivity contribution in [3.05, 3.63) is 78.6 Å². The minimum Gasteiger partial charge on any atom is -0.493 e. The molecule has 0 aliphatic carbocycles. The van der Waals surface area contributed by atoms with Crippen molar-refractivity contribution in [2.75, 3.05) is 30.8 Å². The maximum Gasteiger partial charge on any atom is 0.255 e. The quantitative estimate of drug-likeness (QED) is 0.381. The number of carbonyl (C=O) groups excluding carboxylic acids is 1. The van der Waals surface area contributed by atoms with Gasteiger partial charge in [0.05, 0.1) is 12.6 Å². The zero-order valence-electron chi connectivity index (χ0n) is 18.7. The summed E-state index contributed by atoms with van der Waals surface area (Å²) in [7, 11) is 1.63. The molecule has 5 rings (SSSR count). The van der Waals surface area contributed by atoms with Gasteiger partial charge in [-0.05, 0) is 55.4 Å². The number of amides is 1. The fourth-order valence-electron chi connectivity index (χ4n) is 3.89. The molecule has 0 saturated carbocycles. The molecular weight excluding hydrogens is 430 g/mol. The number of hydrogen-bond donors (Lipinski definition) is 3. The minimum absolute atomic E-state index is 0.117. The second-order valence-corrected chi connectivity index (χ2v) is 8.00. The molecule has 34 heavy (non-hydrogen) atoms. The molecule has 1 atom stereocenters. The van der Waals surface area contributed by atoms with Crippen LogP contribution in [-0.4, -0.2) is 42.2 Å². The zero-order valence-corrected chi connectivity index (χ0v) is 18.7. The third-order valence-corrected chi connectivity index (χ3v) is 5.67. The third-order valence-electron chi connectivity index (χ3n) is 5.67. The van der Waals surface area contributed by atoms with E-state index in [-0.39, 0.29) is 12.0 Å². The summed E-state index contributed by atoms with van der Waals surface area (Å²) in [5.74, 6) is 1.81. The van der Waals surface area contributed by atoms with E-state index in [0.717, 1.165) is 36.1 Å². The van der Waals surface area contributed by atoms with Crippen LogP contribution in [0.4, 0.5) is 17.2 Å². The molecule has 1 saturated heterocycles. The molecule has 8 nitrogen and oxygen atoms in total. The molecule has 8 heteroatoms. The van der Waals surface area contributed by atoms with E-state index in [1.54, 1.807) is 19.2 Å². The average Bonchev–Trinajstić information content (AvgIpc) is 3.39. The van der Waals surface area contributed by atoms with E-state index in [9.17, 15) is 4.79 Å². The lowest BCUT2D eigenvalue weighted by Gasteiger charge is -2.17. The van der Waals surface area contributed by atoms with Gasteiger partial charge in [0.25, 0.3) is 5.91 Å². The first-order valence-corrected chi connectivity index (χ1v) is 11.1. The number of fused-ring (bicyclic) bond motifs is 1. The van der Waals surface area contributed by atoms with Crippen LogP contribution in [-0.2, 0) is 0 Å². The van der Waals surface area contributed by atoms with Gasteiger partial charge in [0.1, 0.15) is 18.2 Å². The Kier molecular flexibility index (Phi) is 6.22. The highest BCUT2D eigenvalue weighted by Crippen LogP contribution is 2.35. The molecule has 1 aromatic heterocycles. The van der Waals surface area contributed by atoms with Gasteiger partial charge in [0.2, 0.25) is 0 Å². The predicted molar refractivity (Wildman–Crippen MR) is 132 cm³/mol. The number of anilines is 3. The van der Waals surface area contributed by atoms with Crippen LogP contribution < -0.4 is 25.4 Å². The van der Waals surface area contributed by atoms with Gasteiger partial charge in [0.15, 0.2) is 11.5 Å². The molecule has 2 heterocycles. The Morgan fingerprint density at radius 2 is 1.79 bits per heavy atom. The molecule has 0 radical (unpaired) electrons. The maximum absolute atomic E-state index is 12.4. The summed E-state index contributed by atoms with van der Waals surface area (Å²) >= 11 is 0. The summed E-state index contributed by atoms with van der Waals surface area (Å²) in [5, 5.41) is 10.4. The molecule has 0 bridgehead atoms. The van der Waals surface area contributed by atoms with Crippen molar-refractivity contribution in [1.29, 1.82) is 0 Å². The average molecular weight is 456 g/mol. The summed E-state index contributed by atoms with van der Waals surface area (Å²) in [6.45, 7) is 1.77. The van der Waals surface area contributed by atoms with Crippen molar-refractivity contribution in [1.82, 2.24) is 15.3 Å². The standard InChI is InChI=1S/C26H25N5O3/c1-33-23-13-21-22(14-24(23)34-20-11-12-27-15-20)28-16-29-25(21)30-18-7-9-19(10-8-18)31-26(32)17-5-3-2-4-6-17/h2-10,13-14,16,20,27H,11-12,15H2,1H3,(H,31,32)(H,28,29,30). The number of carbonyl (C=O) groups is 1. The lowest BCUT2D eigenvalue weighted by molar-refractivity contribution is 0.102. The fourth-order valence-corrected chi connectivity index (χ4v) is 3.89. The highest BCUT2D eigenvalue weighted by atomic mass is 16.5. The number of nitrogens with zero attached hydrogens (tertiary/aromatic N) is 2. The molecule has 1 aliphatic rings. The van der Waals surface area contributed by atoms with Crippen molar-refractivity contribution in [2.24, 2.45) is 0 Å². The molecule has 1 fully saturated rings. The van der Waals surface area contributed by atoms with E-state index < -0.39 is 0 Å². The SMILES string of the molecule is COc1cc2c(Nc3ccc(NC(=O)c4ccccc4)cc3)ncnc2cc1OC1CCNC1. The van der Waals surface area contributed by atoms with Gasteiger partial charge >= 0.3 is 0 Å². The minimum atomic E-state index is -0.151. The van der Waals surface area contributed by atoms with Crippen molar-refractivity contribution in [3.63, 3.8) is 0 Å². The van der Waals surface area contributed by atoms with E-state index in [2.05, 4.69) is 25.9 Å². The fraction of sp³-hybridized carbons (Fsp3) is 0.192. The van der Waals surface area contributed by atoms with Gasteiger partial charge in [-0.25, -0.2) is 9.97 Å². The van der Waals surface area contributed by atoms with Crippen molar-refractivity contribution >= 4 is 34.0 Å². The van der Waals surface area contributed by atoms with E-state index in [1.165, 1.54) is 6.33 Å². The van der Waals surface area contributed by atoms with Gasteiger partial charge in [-0.2, -0.15) is 0 Å². The normalized spacial score (nSPS) is 15.1. The zero-order chi connectivity index (χ0) is 23.3. The summed E-state index contributed by atoms with van der Waals surface area (Å²) < 4.78 is 11.7. The maximum atomic E-state index is 12.4. The molecule has 1 amide bonds. The van der Waals surface area contributed by atoms with Crippen molar-refractivity contribution in [3.8, 4) is 11.5 Å². The number of aromatic nitrogens is 2. The van der Waals surface area contributed by atoms with Gasteiger partial charge in [-0.15, -0.1) is 0 Å². The van der Waals surface area contributed by atoms with Crippen LogP contribution in [0.5, 0.6) is 11.5 Å². The van der Waals surface area contributed by atoms with Crippen molar-refractivity contribution < 1.29 is 14.3 Å². The third kappa shape index (κ3) is 4.77. The highest BCUT2D eigenvalue weighted by molar-refractivity contribution is 6.04. The summed E-state index contributed by atoms with van der Waals surface area (Å²) in [6.07, 6.45) is 2.60. The summed E-state index contributed by atoms with van der Waals surface area (Å²) in [6, 6.07) is 20.3. The van der Waals surface area contributed by atoms with Gasteiger partial charge in [-0.3, -0.25) is 4.79 Å². The van der Waals surface area contributed by atoms with E-state index in [1.807, 2.05) is 54.6 Å². The highest BCUT2D eigenvalue weighted by Gasteiger charge is 2.19. The van der Waals surface area contributed by atoms with Crippen molar-refractivity contribution in [2.45, 2.75) is 12.5 Å². The van der Waals surface area contributed by atoms with E-state index >= 15 is 0 Å². The first kappa shape index (κ1) is 21.7. The van der Waals surface area contributed by atoms with Crippen LogP contribution in [0.3, 0.4) is 0 Å². The van der Waals surface area contributed by atoms with Crippen LogP contribution >= 0.6 is 0 Å². The molecule has 3 N–H and O–H groups in total. The van der Waals surface area contributed by atoms with Crippen LogP contribution in [0.25, 0.3) is 10.9 Å². The molecule has 3 aromatic carbocycles. The molecular formula is C26H25N5O3. The molecule has 0 spiro atoms. The molecule has 172 valence electrons. The molecule has 1 unspecified atom stereocenters. The van der Waals surface area contributed by atoms with Crippen LogP contribution in [0, 0.1) is 0 Å². The second-order valence-electron chi connectivity index (χ2n) is 8.00. The Morgan fingerprint density at radius 3 is 2.53 bits per heavy atom. The van der Waals surface area contributed by atoms with Crippen LogP contribution in [0.1, 0.15) is 16.8 Å². The number of nitrogens with one attached hydrogen (secondary N) is 3. The van der Waals surface area contributed by atoms with Crippen LogP contribution in [0.15, 0.2) is 73.1 Å². The summed E-state index contributed by atoms with van der Waals surface area (Å²) in [5.41, 5.74) is 2.90. The van der Waals surface area contributed by atoms with E-state index in [4.69, 9.17) is 9.47 Å². The van der Waals surface area contributed by atoms with Gasteiger partial charge < -0.3 is 25.4 Å². The number of hydrogen-bond acceptors (Lipinski definition) is 7. The number of ether oxygens (including phenoxy) is 2. The topological polar surface area (TPSA) is 97.4 Å². The van der Waals surface area contributed by atoms with Gasteiger partial charge in [-0.1, -0.05) is 18.2 Å². The Labute approximate surface area is 197 Å². The Morgan fingerprint density at radius 1 is 1.00 bits per heavy atom. The first-order chi connectivity index (χ1) is 16.7. The Hall–Kier alpha value is -4.17. The molecule has 1 aliphatic heterocycles. The lowest BCUT2D eigenvalue weighted by Crippen LogP contribution is -2.19. The lowest BCUT2D eigenvalue weighted by atomic mass is 10.2. The number of rotatable bonds is 7. The smallest absolute Gasteiger partial charge is 0.255 e. The van der Waals surface area contributed by atoms with Gasteiger partial charge in [0, 0.05) is 34.9 Å². The Bertz CT molecular complexity index is 1290. The first-order valence-electron chi connectivity index (χ1n) is 11.1. The monoisotopic (exact) mass is 455 g/mol. The molecule has 4 aromatic rings. The summed E-state index contributed by atoms with van der Waals surface area (Å²) in [4.78, 5) is 21.2. The largest absolute Gasteiger partial charge is 0.493 e. The second kappa shape index (κ2) is 9.76. The Balaban J connectivity index is 1.34. The predicted octanol–water partition coefficient (Wildman–Crippen LogP) is 4.38. The van der Waals surface area contributed by atoms with Crippen LogP contribution in [0.2, 0.25) is 0 Å². The van der Waals surface area contributed by atoms with E-state index in [0.29, 0.717) is 28.6 Å².